The van der Waals surface area contributed by atoms with Gasteiger partial charge in [-0.05, 0) is 6.42 Å². The predicted octanol–water partition coefficient (Wildman–Crippen LogP) is -0.308. The number of rotatable bonds is 11. The molecule has 6 heteroatoms. The van der Waals surface area contributed by atoms with E-state index in [4.69, 9.17) is 19.5 Å². The molecule has 0 spiro atoms. The van der Waals surface area contributed by atoms with Gasteiger partial charge in [0.2, 0.25) is 0 Å². The van der Waals surface area contributed by atoms with Gasteiger partial charge in [0.15, 0.2) is 0 Å². The molecule has 0 aromatic rings. The summed E-state index contributed by atoms with van der Waals surface area (Å²) in [5.74, 6) is 0. The minimum atomic E-state index is -0.716. The number of ether oxygens (including phenoxy) is 3. The monoisotopic (exact) mass is 247 g/mol. The Morgan fingerprint density at radius 1 is 1.06 bits per heavy atom. The molecule has 2 unspecified atom stereocenters. The van der Waals surface area contributed by atoms with E-state index >= 15 is 0 Å². The van der Waals surface area contributed by atoms with Crippen LogP contribution in [0.3, 0.4) is 0 Å². The van der Waals surface area contributed by atoms with E-state index in [1.807, 2.05) is 6.07 Å². The number of nitrogens with zero attached hydrogens (tertiary/aromatic N) is 1. The van der Waals surface area contributed by atoms with Gasteiger partial charge in [-0.15, -0.1) is 0 Å². The summed E-state index contributed by atoms with van der Waals surface area (Å²) in [5.41, 5.74) is 0. The van der Waals surface area contributed by atoms with E-state index < -0.39 is 12.2 Å². The first-order chi connectivity index (χ1) is 8.20. The van der Waals surface area contributed by atoms with Gasteiger partial charge in [-0.2, -0.15) is 5.26 Å². The normalized spacial score (nSPS) is 14.2. The topological polar surface area (TPSA) is 91.9 Å². The maximum absolute atomic E-state index is 9.42. The van der Waals surface area contributed by atoms with Gasteiger partial charge in [0.1, 0.15) is 12.2 Å². The average molecular weight is 247 g/mol. The molecule has 0 heterocycles. The van der Waals surface area contributed by atoms with Crippen LogP contribution in [0.4, 0.5) is 0 Å². The predicted molar refractivity (Wildman–Crippen MR) is 60.4 cm³/mol. The van der Waals surface area contributed by atoms with Crippen LogP contribution >= 0.6 is 0 Å². The van der Waals surface area contributed by atoms with Crippen LogP contribution in [0.5, 0.6) is 0 Å². The number of nitriles is 1. The van der Waals surface area contributed by atoms with Gasteiger partial charge in [0, 0.05) is 20.1 Å². The van der Waals surface area contributed by atoms with Crippen molar-refractivity contribution in [2.75, 3.05) is 40.1 Å². The average Bonchev–Trinajstić information content (AvgIpc) is 2.29. The number of aliphatic hydroxyl groups excluding tert-OH is 2. The Balaban J connectivity index is 3.28. The van der Waals surface area contributed by atoms with E-state index in [-0.39, 0.29) is 26.4 Å². The highest BCUT2D eigenvalue weighted by Gasteiger charge is 2.07. The van der Waals surface area contributed by atoms with Crippen LogP contribution in [0.1, 0.15) is 12.8 Å². The van der Waals surface area contributed by atoms with Crippen LogP contribution in [0.2, 0.25) is 0 Å². The smallest absolute Gasteiger partial charge is 0.101 e. The number of hydrogen-bond acceptors (Lipinski definition) is 6. The van der Waals surface area contributed by atoms with Gasteiger partial charge >= 0.3 is 0 Å². The number of methoxy groups -OCH3 is 1. The highest BCUT2D eigenvalue weighted by atomic mass is 16.5. The van der Waals surface area contributed by atoms with Crippen LogP contribution in [-0.4, -0.2) is 62.6 Å². The first-order valence-electron chi connectivity index (χ1n) is 5.58. The third-order valence-corrected chi connectivity index (χ3v) is 1.87. The lowest BCUT2D eigenvalue weighted by Gasteiger charge is -2.13. The maximum atomic E-state index is 9.42. The lowest BCUT2D eigenvalue weighted by molar-refractivity contribution is -0.0518. The largest absolute Gasteiger partial charge is 0.388 e. The van der Waals surface area contributed by atoms with E-state index in [1.165, 1.54) is 7.11 Å². The molecule has 0 aromatic carbocycles. The first kappa shape index (κ1) is 16.3. The second kappa shape index (κ2) is 11.8. The molecule has 0 bridgehead atoms. The zero-order valence-corrected chi connectivity index (χ0v) is 10.2. The van der Waals surface area contributed by atoms with Crippen molar-refractivity contribution in [3.63, 3.8) is 0 Å². The lowest BCUT2D eigenvalue weighted by Crippen LogP contribution is -2.27. The van der Waals surface area contributed by atoms with Crippen LogP contribution in [0, 0.1) is 11.3 Å². The van der Waals surface area contributed by atoms with Gasteiger partial charge in [-0.1, -0.05) is 0 Å². The maximum Gasteiger partial charge on any atom is 0.101 e. The highest BCUT2D eigenvalue weighted by molar-refractivity contribution is 4.67. The van der Waals surface area contributed by atoms with Crippen molar-refractivity contribution in [2.45, 2.75) is 25.0 Å². The van der Waals surface area contributed by atoms with Gasteiger partial charge < -0.3 is 24.4 Å². The van der Waals surface area contributed by atoms with Crippen molar-refractivity contribution in [1.82, 2.24) is 0 Å². The summed E-state index contributed by atoms with van der Waals surface area (Å²) >= 11 is 0. The fraction of sp³-hybridized carbons (Fsp3) is 0.909. The summed E-state index contributed by atoms with van der Waals surface area (Å²) in [6.45, 7) is 1.07. The summed E-state index contributed by atoms with van der Waals surface area (Å²) in [7, 11) is 1.49. The van der Waals surface area contributed by atoms with Crippen LogP contribution in [0.15, 0.2) is 0 Å². The SMILES string of the molecule is COCC(O)COCC(O)COCCCC#N. The molecule has 0 saturated carbocycles. The Morgan fingerprint density at radius 2 is 1.65 bits per heavy atom. The van der Waals surface area contributed by atoms with Crippen molar-refractivity contribution in [1.29, 1.82) is 5.26 Å². The third-order valence-electron chi connectivity index (χ3n) is 1.87. The van der Waals surface area contributed by atoms with Crippen molar-refractivity contribution in [3.05, 3.63) is 0 Å². The highest BCUT2D eigenvalue weighted by Crippen LogP contribution is 1.93. The number of unbranched alkanes of at least 4 members (excludes halogenated alkanes) is 1. The molecule has 0 aliphatic carbocycles. The summed E-state index contributed by atoms with van der Waals surface area (Å²) in [5, 5.41) is 26.9. The first-order valence-corrected chi connectivity index (χ1v) is 5.58. The summed E-state index contributed by atoms with van der Waals surface area (Å²) < 4.78 is 14.9. The lowest BCUT2D eigenvalue weighted by atomic mass is 10.3. The Bertz CT molecular complexity index is 207. The van der Waals surface area contributed by atoms with E-state index in [1.54, 1.807) is 0 Å². The molecule has 0 rings (SSSR count). The minimum Gasteiger partial charge on any atom is -0.388 e. The summed E-state index contributed by atoms with van der Waals surface area (Å²) in [6.07, 6.45) is -0.275. The second-order valence-electron chi connectivity index (χ2n) is 3.64. The molecule has 0 saturated heterocycles. The zero-order valence-electron chi connectivity index (χ0n) is 10.2. The van der Waals surface area contributed by atoms with E-state index in [9.17, 15) is 10.2 Å². The fourth-order valence-corrected chi connectivity index (χ4v) is 1.10. The van der Waals surface area contributed by atoms with Gasteiger partial charge in [0.25, 0.3) is 0 Å². The van der Waals surface area contributed by atoms with Crippen LogP contribution < -0.4 is 0 Å². The second-order valence-corrected chi connectivity index (χ2v) is 3.64. The standard InChI is InChI=1S/C11H21NO5/c1-15-6-10(13)8-17-9-11(14)7-16-5-3-2-4-12/h10-11,13-14H,2-3,5-9H2,1H3. The van der Waals surface area contributed by atoms with E-state index in [0.717, 1.165) is 0 Å². The van der Waals surface area contributed by atoms with E-state index in [0.29, 0.717) is 19.4 Å². The molecule has 0 aliphatic rings. The van der Waals surface area contributed by atoms with E-state index in [2.05, 4.69) is 0 Å². The molecular formula is C11H21NO5. The number of aliphatic hydroxyl groups is 2. The van der Waals surface area contributed by atoms with Gasteiger partial charge in [0.05, 0.1) is 32.5 Å². The zero-order chi connectivity index (χ0) is 12.9. The molecule has 0 fully saturated rings. The fourth-order valence-electron chi connectivity index (χ4n) is 1.10. The van der Waals surface area contributed by atoms with Crippen molar-refractivity contribution >= 4 is 0 Å². The quantitative estimate of drug-likeness (QED) is 0.487. The minimum absolute atomic E-state index is 0.110. The molecule has 0 radical (unpaired) electrons. The molecule has 0 amide bonds. The number of hydrogen-bond donors (Lipinski definition) is 2. The van der Waals surface area contributed by atoms with Crippen molar-refractivity contribution < 1.29 is 24.4 Å². The molecular weight excluding hydrogens is 226 g/mol. The molecule has 2 N–H and O–H groups in total. The molecule has 17 heavy (non-hydrogen) atoms. The van der Waals surface area contributed by atoms with Crippen LogP contribution in [0.25, 0.3) is 0 Å². The van der Waals surface area contributed by atoms with Gasteiger partial charge in [-0.25, -0.2) is 0 Å². The molecule has 100 valence electrons. The Morgan fingerprint density at radius 3 is 2.24 bits per heavy atom. The molecule has 2 atom stereocenters. The Kier molecular flexibility index (Phi) is 11.3. The Hall–Kier alpha value is -0.710. The van der Waals surface area contributed by atoms with Gasteiger partial charge in [-0.3, -0.25) is 0 Å². The molecule has 6 nitrogen and oxygen atoms in total. The summed E-state index contributed by atoms with van der Waals surface area (Å²) in [4.78, 5) is 0. The van der Waals surface area contributed by atoms with Crippen molar-refractivity contribution in [2.24, 2.45) is 0 Å². The third kappa shape index (κ3) is 11.6. The Labute approximate surface area is 102 Å². The van der Waals surface area contributed by atoms with Crippen molar-refractivity contribution in [3.8, 4) is 6.07 Å². The molecule has 0 aliphatic heterocycles. The molecule has 0 aromatic heterocycles. The summed E-state index contributed by atoms with van der Waals surface area (Å²) in [6, 6.07) is 2.01. The van der Waals surface area contributed by atoms with Crippen LogP contribution in [-0.2, 0) is 14.2 Å².